The molecule has 0 spiro atoms. The lowest BCUT2D eigenvalue weighted by Gasteiger charge is -2.42. The van der Waals surface area contributed by atoms with Crippen molar-refractivity contribution in [2.45, 2.75) is 84.0 Å². The zero-order valence-corrected chi connectivity index (χ0v) is 12.1. The second-order valence-corrected chi connectivity index (χ2v) is 6.14. The standard InChI is InChI=1S/C15H28N2O/c1-4-6-8-13-15(18)17(12-9-11(3)10-12)14(16-13)7-5-2/h11-14,16H,4-10H2,1-3H3. The van der Waals surface area contributed by atoms with Gasteiger partial charge in [0.1, 0.15) is 0 Å². The van der Waals surface area contributed by atoms with Crippen molar-refractivity contribution < 1.29 is 4.79 Å². The van der Waals surface area contributed by atoms with Gasteiger partial charge in [-0.1, -0.05) is 40.0 Å². The van der Waals surface area contributed by atoms with Crippen molar-refractivity contribution in [2.24, 2.45) is 5.92 Å². The Labute approximate surface area is 111 Å². The largest absolute Gasteiger partial charge is 0.323 e. The van der Waals surface area contributed by atoms with Gasteiger partial charge < -0.3 is 4.90 Å². The Kier molecular flexibility index (Phi) is 4.66. The van der Waals surface area contributed by atoms with E-state index in [4.69, 9.17) is 0 Å². The van der Waals surface area contributed by atoms with Crippen LogP contribution in [0.1, 0.15) is 65.7 Å². The van der Waals surface area contributed by atoms with Crippen LogP contribution in [0, 0.1) is 5.92 Å². The highest BCUT2D eigenvalue weighted by Crippen LogP contribution is 2.35. The molecule has 2 aliphatic rings. The molecule has 1 N–H and O–H groups in total. The molecule has 0 aromatic heterocycles. The van der Waals surface area contributed by atoms with Gasteiger partial charge in [-0.05, 0) is 31.6 Å². The van der Waals surface area contributed by atoms with Gasteiger partial charge in [0.15, 0.2) is 0 Å². The summed E-state index contributed by atoms with van der Waals surface area (Å²) in [5.41, 5.74) is 0. The number of rotatable bonds is 6. The lowest BCUT2D eigenvalue weighted by atomic mass is 9.80. The van der Waals surface area contributed by atoms with Crippen molar-refractivity contribution in [3.8, 4) is 0 Å². The van der Waals surface area contributed by atoms with Crippen LogP contribution in [-0.4, -0.2) is 29.1 Å². The van der Waals surface area contributed by atoms with E-state index in [1.54, 1.807) is 0 Å². The average Bonchev–Trinajstić information content (AvgIpc) is 2.60. The first-order chi connectivity index (χ1) is 8.67. The summed E-state index contributed by atoms with van der Waals surface area (Å²) in [6.45, 7) is 6.68. The second-order valence-electron chi connectivity index (χ2n) is 6.14. The normalized spacial score (nSPS) is 35.9. The molecule has 2 unspecified atom stereocenters. The fourth-order valence-corrected chi connectivity index (χ4v) is 3.35. The van der Waals surface area contributed by atoms with E-state index < -0.39 is 0 Å². The Morgan fingerprint density at radius 3 is 2.50 bits per heavy atom. The number of nitrogens with zero attached hydrogens (tertiary/aromatic N) is 1. The average molecular weight is 252 g/mol. The Morgan fingerprint density at radius 2 is 1.94 bits per heavy atom. The summed E-state index contributed by atoms with van der Waals surface area (Å²) in [5, 5.41) is 3.57. The van der Waals surface area contributed by atoms with Gasteiger partial charge in [0, 0.05) is 6.04 Å². The number of carbonyl (C=O) groups excluding carboxylic acids is 1. The van der Waals surface area contributed by atoms with Crippen molar-refractivity contribution in [1.29, 1.82) is 0 Å². The smallest absolute Gasteiger partial charge is 0.241 e. The molecule has 18 heavy (non-hydrogen) atoms. The summed E-state index contributed by atoms with van der Waals surface area (Å²) in [6, 6.07) is 0.612. The predicted octanol–water partition coefficient (Wildman–Crippen LogP) is 2.90. The Balaban J connectivity index is 1.97. The van der Waals surface area contributed by atoms with Crippen molar-refractivity contribution >= 4 is 5.91 Å². The molecule has 1 saturated carbocycles. The van der Waals surface area contributed by atoms with Crippen LogP contribution in [0.5, 0.6) is 0 Å². The Hall–Kier alpha value is -0.570. The molecule has 0 aromatic rings. The molecule has 3 heteroatoms. The van der Waals surface area contributed by atoms with Crippen molar-refractivity contribution in [2.75, 3.05) is 0 Å². The van der Waals surface area contributed by atoms with Crippen LogP contribution in [0.3, 0.4) is 0 Å². The van der Waals surface area contributed by atoms with Crippen LogP contribution in [0.25, 0.3) is 0 Å². The SMILES string of the molecule is CCCCC1NC(CCC)N(C2CC(C)C2)C1=O. The number of hydrogen-bond acceptors (Lipinski definition) is 2. The minimum absolute atomic E-state index is 0.0948. The third kappa shape index (κ3) is 2.71. The number of carbonyl (C=O) groups is 1. The van der Waals surface area contributed by atoms with Crippen LogP contribution >= 0.6 is 0 Å². The van der Waals surface area contributed by atoms with Crippen molar-refractivity contribution in [3.05, 3.63) is 0 Å². The molecule has 1 heterocycles. The first kappa shape index (κ1) is 13.9. The predicted molar refractivity (Wildman–Crippen MR) is 74.2 cm³/mol. The minimum Gasteiger partial charge on any atom is -0.323 e. The minimum atomic E-state index is 0.0948. The van der Waals surface area contributed by atoms with E-state index in [-0.39, 0.29) is 6.04 Å². The summed E-state index contributed by atoms with van der Waals surface area (Å²) < 4.78 is 0. The second kappa shape index (κ2) is 6.05. The number of amides is 1. The maximum absolute atomic E-state index is 12.5. The first-order valence-electron chi connectivity index (χ1n) is 7.75. The molecule has 2 atom stereocenters. The maximum atomic E-state index is 12.5. The molecule has 2 fully saturated rings. The van der Waals surface area contributed by atoms with Gasteiger partial charge in [0.25, 0.3) is 0 Å². The lowest BCUT2D eigenvalue weighted by Crippen LogP contribution is -2.50. The summed E-state index contributed by atoms with van der Waals surface area (Å²) in [4.78, 5) is 14.7. The third-order valence-electron chi connectivity index (χ3n) is 4.43. The molecular weight excluding hydrogens is 224 g/mol. The molecular formula is C15H28N2O. The summed E-state index contributed by atoms with van der Waals surface area (Å²) in [6.07, 6.45) is 8.28. The molecule has 1 saturated heterocycles. The Bertz CT molecular complexity index is 286. The molecule has 1 aliphatic carbocycles. The number of nitrogens with one attached hydrogen (secondary N) is 1. The van der Waals surface area contributed by atoms with Gasteiger partial charge in [-0.25, -0.2) is 0 Å². The van der Waals surface area contributed by atoms with Gasteiger partial charge in [-0.2, -0.15) is 0 Å². The van der Waals surface area contributed by atoms with E-state index in [1.165, 1.54) is 19.3 Å². The fraction of sp³-hybridized carbons (Fsp3) is 0.933. The summed E-state index contributed by atoms with van der Waals surface area (Å²) >= 11 is 0. The zero-order valence-electron chi connectivity index (χ0n) is 12.1. The molecule has 2 rings (SSSR count). The molecule has 0 aromatic carbocycles. The quantitative estimate of drug-likeness (QED) is 0.788. The highest BCUT2D eigenvalue weighted by molar-refractivity contribution is 5.84. The van der Waals surface area contributed by atoms with Gasteiger partial charge in [0.2, 0.25) is 5.91 Å². The van der Waals surface area contributed by atoms with Gasteiger partial charge in [-0.3, -0.25) is 10.1 Å². The fourth-order valence-electron chi connectivity index (χ4n) is 3.35. The van der Waals surface area contributed by atoms with Gasteiger partial charge in [0.05, 0.1) is 12.2 Å². The van der Waals surface area contributed by atoms with Crippen LogP contribution in [0.4, 0.5) is 0 Å². The molecule has 0 radical (unpaired) electrons. The van der Waals surface area contributed by atoms with Crippen molar-refractivity contribution in [1.82, 2.24) is 10.2 Å². The Morgan fingerprint density at radius 1 is 1.22 bits per heavy atom. The molecule has 1 aliphatic heterocycles. The van der Waals surface area contributed by atoms with Crippen LogP contribution in [-0.2, 0) is 4.79 Å². The zero-order chi connectivity index (χ0) is 13.1. The van der Waals surface area contributed by atoms with Crippen LogP contribution in [0.15, 0.2) is 0 Å². The van der Waals surface area contributed by atoms with E-state index >= 15 is 0 Å². The number of unbranched alkanes of at least 4 members (excludes halogenated alkanes) is 1. The van der Waals surface area contributed by atoms with Crippen LogP contribution in [0.2, 0.25) is 0 Å². The van der Waals surface area contributed by atoms with E-state index in [0.29, 0.717) is 18.1 Å². The molecule has 3 nitrogen and oxygen atoms in total. The van der Waals surface area contributed by atoms with E-state index in [2.05, 4.69) is 31.0 Å². The molecule has 0 bridgehead atoms. The first-order valence-corrected chi connectivity index (χ1v) is 7.75. The third-order valence-corrected chi connectivity index (χ3v) is 4.43. The summed E-state index contributed by atoms with van der Waals surface area (Å²) in [7, 11) is 0. The van der Waals surface area contributed by atoms with E-state index in [9.17, 15) is 4.79 Å². The monoisotopic (exact) mass is 252 g/mol. The van der Waals surface area contributed by atoms with Gasteiger partial charge >= 0.3 is 0 Å². The van der Waals surface area contributed by atoms with E-state index in [1.807, 2.05) is 0 Å². The highest BCUT2D eigenvalue weighted by Gasteiger charge is 2.44. The number of hydrogen-bond donors (Lipinski definition) is 1. The lowest BCUT2D eigenvalue weighted by molar-refractivity contribution is -0.135. The molecule has 104 valence electrons. The molecule has 1 amide bonds. The summed E-state index contributed by atoms with van der Waals surface area (Å²) in [5.74, 6) is 1.18. The maximum Gasteiger partial charge on any atom is 0.241 e. The van der Waals surface area contributed by atoms with Crippen molar-refractivity contribution in [3.63, 3.8) is 0 Å². The highest BCUT2D eigenvalue weighted by atomic mass is 16.2. The van der Waals surface area contributed by atoms with E-state index in [0.717, 1.165) is 31.6 Å². The topological polar surface area (TPSA) is 32.3 Å². The van der Waals surface area contributed by atoms with Crippen LogP contribution < -0.4 is 5.32 Å². The van der Waals surface area contributed by atoms with Gasteiger partial charge in [-0.15, -0.1) is 0 Å².